The van der Waals surface area contributed by atoms with E-state index >= 15 is 0 Å². The Labute approximate surface area is 81.1 Å². The van der Waals surface area contributed by atoms with Crippen molar-refractivity contribution < 1.29 is 4.92 Å². The maximum Gasteiger partial charge on any atom is 0.455 e. The van der Waals surface area contributed by atoms with Crippen molar-refractivity contribution in [3.05, 3.63) is 16.4 Å². The second-order valence-corrected chi connectivity index (χ2v) is 3.55. The Kier molecular flexibility index (Phi) is 2.43. The first-order valence-electron chi connectivity index (χ1n) is 4.83. The lowest BCUT2D eigenvalue weighted by Crippen LogP contribution is -2.16. The van der Waals surface area contributed by atoms with Gasteiger partial charge in [0.05, 0.1) is 0 Å². The van der Waals surface area contributed by atoms with Gasteiger partial charge in [-0.05, 0) is 30.6 Å². The predicted octanol–water partition coefficient (Wildman–Crippen LogP) is 1.69. The summed E-state index contributed by atoms with van der Waals surface area (Å²) in [7, 11) is 0. The van der Waals surface area contributed by atoms with Gasteiger partial charge in [0.2, 0.25) is 6.33 Å². The lowest BCUT2D eigenvalue weighted by Gasteiger charge is -2.18. The molecule has 1 saturated carbocycles. The van der Waals surface area contributed by atoms with Crippen LogP contribution in [-0.2, 0) is 0 Å². The molecule has 1 aliphatic rings. The van der Waals surface area contributed by atoms with Crippen molar-refractivity contribution >= 4 is 5.95 Å². The van der Waals surface area contributed by atoms with Crippen molar-refractivity contribution in [3.63, 3.8) is 0 Å². The third-order valence-electron chi connectivity index (χ3n) is 2.64. The van der Waals surface area contributed by atoms with Crippen LogP contribution in [0.25, 0.3) is 0 Å². The van der Waals surface area contributed by atoms with E-state index in [1.807, 2.05) is 0 Å². The van der Waals surface area contributed by atoms with E-state index in [0.717, 1.165) is 25.7 Å². The Balaban J connectivity index is 2.21. The smallest absolute Gasteiger partial charge is 0.390 e. The third kappa shape index (κ3) is 1.59. The van der Waals surface area contributed by atoms with Crippen LogP contribution in [0.2, 0.25) is 0 Å². The Hall–Kier alpha value is -1.46. The molecule has 0 atom stereocenters. The van der Waals surface area contributed by atoms with Crippen molar-refractivity contribution in [2.45, 2.75) is 38.1 Å². The number of hydrogen-bond donors (Lipinski definition) is 0. The predicted molar refractivity (Wildman–Crippen MR) is 48.8 cm³/mol. The molecule has 0 bridgehead atoms. The minimum atomic E-state index is -0.471. The van der Waals surface area contributed by atoms with Crippen LogP contribution in [0, 0.1) is 10.1 Å². The van der Waals surface area contributed by atoms with E-state index in [-0.39, 0.29) is 12.0 Å². The fraction of sp³-hybridized carbons (Fsp3) is 0.750. The summed E-state index contributed by atoms with van der Waals surface area (Å²) < 4.78 is 1.46. The number of nitrogens with zero attached hydrogens (tertiary/aromatic N) is 4. The van der Waals surface area contributed by atoms with E-state index in [0.29, 0.717) is 0 Å². The van der Waals surface area contributed by atoms with Crippen LogP contribution in [0.15, 0.2) is 6.33 Å². The van der Waals surface area contributed by atoms with E-state index < -0.39 is 4.92 Å². The summed E-state index contributed by atoms with van der Waals surface area (Å²) in [6.45, 7) is 0. The highest BCUT2D eigenvalue weighted by molar-refractivity contribution is 5.02. The highest BCUT2D eigenvalue weighted by Crippen LogP contribution is 2.29. The zero-order valence-electron chi connectivity index (χ0n) is 7.80. The number of rotatable bonds is 2. The molecule has 0 aliphatic heterocycles. The zero-order valence-corrected chi connectivity index (χ0v) is 7.80. The van der Waals surface area contributed by atoms with Crippen LogP contribution in [0.4, 0.5) is 5.95 Å². The Morgan fingerprint density at radius 1 is 1.43 bits per heavy atom. The molecule has 0 amide bonds. The largest absolute Gasteiger partial charge is 0.455 e. The minimum Gasteiger partial charge on any atom is -0.390 e. The molecular weight excluding hydrogens is 184 g/mol. The second kappa shape index (κ2) is 3.73. The van der Waals surface area contributed by atoms with Gasteiger partial charge in [-0.25, -0.2) is 0 Å². The molecule has 6 nitrogen and oxygen atoms in total. The Bertz CT molecular complexity index is 330. The van der Waals surface area contributed by atoms with Gasteiger partial charge >= 0.3 is 5.95 Å². The molecule has 0 saturated heterocycles. The molecule has 6 heteroatoms. The highest BCUT2D eigenvalue weighted by atomic mass is 16.6. The van der Waals surface area contributed by atoms with Gasteiger partial charge in [0, 0.05) is 0 Å². The molecule has 1 fully saturated rings. The lowest BCUT2D eigenvalue weighted by molar-refractivity contribution is -0.397. The van der Waals surface area contributed by atoms with Gasteiger partial charge in [0.1, 0.15) is 6.04 Å². The van der Waals surface area contributed by atoms with Crippen molar-refractivity contribution in [2.24, 2.45) is 0 Å². The fourth-order valence-corrected chi connectivity index (χ4v) is 1.96. The number of hydrogen-bond acceptors (Lipinski definition) is 4. The second-order valence-electron chi connectivity index (χ2n) is 3.55. The van der Waals surface area contributed by atoms with E-state index in [9.17, 15) is 10.1 Å². The molecule has 0 N–H and O–H groups in total. The van der Waals surface area contributed by atoms with Crippen molar-refractivity contribution in [2.75, 3.05) is 0 Å². The van der Waals surface area contributed by atoms with Gasteiger partial charge < -0.3 is 10.1 Å². The number of aromatic nitrogens is 3. The lowest BCUT2D eigenvalue weighted by atomic mass is 9.96. The quantitative estimate of drug-likeness (QED) is 0.533. The SMILES string of the molecule is O=[N+]([O-])c1ncnn1C1CCCCC1. The van der Waals surface area contributed by atoms with E-state index in [1.165, 1.54) is 17.4 Å². The summed E-state index contributed by atoms with van der Waals surface area (Å²) in [5.74, 6) is -0.128. The van der Waals surface area contributed by atoms with Crippen LogP contribution in [0.1, 0.15) is 38.1 Å². The summed E-state index contributed by atoms with van der Waals surface area (Å²) in [4.78, 5) is 13.8. The van der Waals surface area contributed by atoms with E-state index in [2.05, 4.69) is 10.1 Å². The summed E-state index contributed by atoms with van der Waals surface area (Å²) >= 11 is 0. The van der Waals surface area contributed by atoms with Crippen molar-refractivity contribution in [1.82, 2.24) is 14.8 Å². The van der Waals surface area contributed by atoms with Gasteiger partial charge in [0.25, 0.3) is 0 Å². The van der Waals surface area contributed by atoms with Gasteiger partial charge in [0.15, 0.2) is 0 Å². The average Bonchev–Trinajstić information content (AvgIpc) is 2.67. The van der Waals surface area contributed by atoms with Crippen LogP contribution < -0.4 is 0 Å². The van der Waals surface area contributed by atoms with Crippen molar-refractivity contribution in [3.8, 4) is 0 Å². The summed E-state index contributed by atoms with van der Waals surface area (Å²) in [6, 6.07) is 0.173. The van der Waals surface area contributed by atoms with E-state index in [1.54, 1.807) is 0 Å². The molecule has 1 aromatic rings. The van der Waals surface area contributed by atoms with Crippen molar-refractivity contribution in [1.29, 1.82) is 0 Å². The summed E-state index contributed by atoms with van der Waals surface area (Å²) in [5.41, 5.74) is 0. The number of nitro groups is 1. The van der Waals surface area contributed by atoms with Gasteiger partial charge in [-0.1, -0.05) is 16.5 Å². The molecular formula is C8H12N4O2. The first kappa shape index (κ1) is 9.11. The normalized spacial score (nSPS) is 18.3. The standard InChI is InChI=1S/C8H12N4O2/c13-12(14)8-9-6-10-11(8)7-4-2-1-3-5-7/h6-7H,1-5H2. The van der Waals surface area contributed by atoms with E-state index in [4.69, 9.17) is 0 Å². The Morgan fingerprint density at radius 2 is 2.14 bits per heavy atom. The molecule has 14 heavy (non-hydrogen) atoms. The molecule has 2 rings (SSSR count). The van der Waals surface area contributed by atoms with Gasteiger partial charge in [-0.3, -0.25) is 0 Å². The summed E-state index contributed by atoms with van der Waals surface area (Å²) in [6.07, 6.45) is 6.68. The molecule has 0 aromatic carbocycles. The Morgan fingerprint density at radius 3 is 2.79 bits per heavy atom. The third-order valence-corrected chi connectivity index (χ3v) is 2.64. The molecule has 0 radical (unpaired) electrons. The monoisotopic (exact) mass is 196 g/mol. The van der Waals surface area contributed by atoms with Crippen LogP contribution in [0.5, 0.6) is 0 Å². The first-order valence-corrected chi connectivity index (χ1v) is 4.83. The molecule has 1 aliphatic carbocycles. The van der Waals surface area contributed by atoms with Crippen LogP contribution >= 0.6 is 0 Å². The highest BCUT2D eigenvalue weighted by Gasteiger charge is 2.26. The average molecular weight is 196 g/mol. The van der Waals surface area contributed by atoms with Gasteiger partial charge in [-0.15, -0.1) is 4.68 Å². The zero-order chi connectivity index (χ0) is 9.97. The molecule has 0 spiro atoms. The van der Waals surface area contributed by atoms with Crippen LogP contribution in [0.3, 0.4) is 0 Å². The maximum atomic E-state index is 10.6. The fourth-order valence-electron chi connectivity index (χ4n) is 1.96. The topological polar surface area (TPSA) is 73.8 Å². The molecule has 76 valence electrons. The molecule has 1 heterocycles. The molecule has 1 aromatic heterocycles. The van der Waals surface area contributed by atoms with Crippen LogP contribution in [-0.4, -0.2) is 19.7 Å². The van der Waals surface area contributed by atoms with Gasteiger partial charge in [-0.2, -0.15) is 0 Å². The summed E-state index contributed by atoms with van der Waals surface area (Å²) in [5, 5.41) is 14.5. The molecule has 0 unspecified atom stereocenters. The minimum absolute atomic E-state index is 0.128. The first-order chi connectivity index (χ1) is 6.79. The maximum absolute atomic E-state index is 10.6.